The number of carbonyl (C=O) groups excluding carboxylic acids is 1. The summed E-state index contributed by atoms with van der Waals surface area (Å²) >= 11 is 6.24. The molecule has 0 spiro atoms. The highest BCUT2D eigenvalue weighted by Gasteiger charge is 2.18. The third-order valence-electron chi connectivity index (χ3n) is 3.83. The number of amides is 1. The number of hydrogen-bond donors (Lipinski definition) is 0. The van der Waals surface area contributed by atoms with Gasteiger partial charge in [-0.2, -0.15) is 0 Å². The first kappa shape index (κ1) is 19.9. The number of methoxy groups -OCH3 is 1. The van der Waals surface area contributed by atoms with Crippen molar-refractivity contribution in [2.75, 3.05) is 33.9 Å². The van der Waals surface area contributed by atoms with Gasteiger partial charge in [0.1, 0.15) is 12.4 Å². The lowest BCUT2D eigenvalue weighted by atomic mass is 10.1. The second kappa shape index (κ2) is 9.34. The molecule has 2 aromatic carbocycles. The lowest BCUT2D eigenvalue weighted by Crippen LogP contribution is -2.30. The molecule has 5 nitrogen and oxygen atoms in total. The van der Waals surface area contributed by atoms with Crippen LogP contribution in [0.5, 0.6) is 17.2 Å². The number of rotatable bonds is 8. The molecule has 0 saturated carbocycles. The van der Waals surface area contributed by atoms with E-state index in [2.05, 4.69) is 0 Å². The monoisotopic (exact) mass is 377 g/mol. The Morgan fingerprint density at radius 2 is 1.85 bits per heavy atom. The van der Waals surface area contributed by atoms with E-state index in [1.54, 1.807) is 24.1 Å². The summed E-state index contributed by atoms with van der Waals surface area (Å²) in [6.07, 6.45) is 0. The predicted octanol–water partition coefficient (Wildman–Crippen LogP) is 4.21. The predicted molar refractivity (Wildman–Crippen MR) is 103 cm³/mol. The van der Waals surface area contributed by atoms with Gasteiger partial charge in [-0.05, 0) is 38.1 Å². The van der Waals surface area contributed by atoms with Gasteiger partial charge >= 0.3 is 0 Å². The molecule has 0 aliphatic heterocycles. The minimum absolute atomic E-state index is 0.166. The molecule has 0 aromatic heterocycles. The summed E-state index contributed by atoms with van der Waals surface area (Å²) in [5, 5.41) is 0.346. The average molecular weight is 378 g/mol. The third-order valence-corrected chi connectivity index (χ3v) is 4.11. The Morgan fingerprint density at radius 1 is 1.15 bits per heavy atom. The van der Waals surface area contributed by atoms with E-state index in [1.165, 1.54) is 12.7 Å². The molecule has 2 rings (SSSR count). The second-order valence-corrected chi connectivity index (χ2v) is 6.22. The number of ether oxygens (including phenoxy) is 3. The van der Waals surface area contributed by atoms with Crippen LogP contribution >= 0.6 is 11.6 Å². The molecule has 0 heterocycles. The van der Waals surface area contributed by atoms with Crippen LogP contribution in [0.3, 0.4) is 0 Å². The van der Waals surface area contributed by atoms with Crippen LogP contribution in [0.2, 0.25) is 5.02 Å². The van der Waals surface area contributed by atoms with E-state index in [4.69, 9.17) is 25.8 Å². The van der Waals surface area contributed by atoms with Crippen molar-refractivity contribution in [1.82, 2.24) is 4.90 Å². The van der Waals surface area contributed by atoms with Crippen LogP contribution in [-0.2, 0) is 0 Å². The molecule has 0 aliphatic rings. The molecule has 0 N–H and O–H groups in total. The maximum absolute atomic E-state index is 12.6. The van der Waals surface area contributed by atoms with Crippen molar-refractivity contribution < 1.29 is 19.0 Å². The summed E-state index contributed by atoms with van der Waals surface area (Å²) in [5.41, 5.74) is 1.61. The van der Waals surface area contributed by atoms with Gasteiger partial charge in [0.05, 0.1) is 25.3 Å². The van der Waals surface area contributed by atoms with Crippen LogP contribution in [0.15, 0.2) is 36.4 Å². The lowest BCUT2D eigenvalue weighted by Gasteiger charge is -2.19. The molecule has 26 heavy (non-hydrogen) atoms. The van der Waals surface area contributed by atoms with E-state index in [1.807, 2.05) is 38.1 Å². The van der Waals surface area contributed by atoms with Gasteiger partial charge in [0.15, 0.2) is 11.5 Å². The SMILES string of the molecule is CCOc1c(Cl)cc(C(=O)N(C)CCOc2ccc(C)cc2)cc1OC. The van der Waals surface area contributed by atoms with Crippen LogP contribution in [0.25, 0.3) is 0 Å². The molecular formula is C20H24ClNO4. The second-order valence-electron chi connectivity index (χ2n) is 5.81. The smallest absolute Gasteiger partial charge is 0.253 e. The first-order chi connectivity index (χ1) is 12.5. The highest BCUT2D eigenvalue weighted by atomic mass is 35.5. The van der Waals surface area contributed by atoms with E-state index < -0.39 is 0 Å². The molecule has 0 atom stereocenters. The molecular weight excluding hydrogens is 354 g/mol. The maximum atomic E-state index is 12.6. The summed E-state index contributed by atoms with van der Waals surface area (Å²) < 4.78 is 16.4. The fraction of sp³-hybridized carbons (Fsp3) is 0.350. The normalized spacial score (nSPS) is 10.3. The van der Waals surface area contributed by atoms with Gasteiger partial charge in [0.25, 0.3) is 5.91 Å². The fourth-order valence-electron chi connectivity index (χ4n) is 2.38. The van der Waals surface area contributed by atoms with Crippen molar-refractivity contribution in [3.8, 4) is 17.2 Å². The number of carbonyl (C=O) groups is 1. The zero-order valence-electron chi connectivity index (χ0n) is 15.5. The fourth-order valence-corrected chi connectivity index (χ4v) is 2.65. The molecule has 2 aromatic rings. The molecule has 6 heteroatoms. The van der Waals surface area contributed by atoms with Crippen molar-refractivity contribution in [3.05, 3.63) is 52.5 Å². The number of halogens is 1. The molecule has 0 unspecified atom stereocenters. The van der Waals surface area contributed by atoms with E-state index in [0.717, 1.165) is 5.75 Å². The number of aryl methyl sites for hydroxylation is 1. The largest absolute Gasteiger partial charge is 0.493 e. The van der Waals surface area contributed by atoms with Crippen molar-refractivity contribution in [1.29, 1.82) is 0 Å². The maximum Gasteiger partial charge on any atom is 0.253 e. The van der Waals surface area contributed by atoms with Crippen molar-refractivity contribution in [2.45, 2.75) is 13.8 Å². The summed E-state index contributed by atoms with van der Waals surface area (Å²) in [5.74, 6) is 1.49. The lowest BCUT2D eigenvalue weighted by molar-refractivity contribution is 0.0773. The third kappa shape index (κ3) is 5.05. The summed E-state index contributed by atoms with van der Waals surface area (Å²) in [6, 6.07) is 11.0. The number of likely N-dealkylation sites (N-methyl/N-ethyl adjacent to an activating group) is 1. The molecule has 0 fully saturated rings. The minimum Gasteiger partial charge on any atom is -0.493 e. The van der Waals surface area contributed by atoms with Gasteiger partial charge in [-0.3, -0.25) is 4.79 Å². The summed E-state index contributed by atoms with van der Waals surface area (Å²) in [4.78, 5) is 14.2. The Balaban J connectivity index is 2.00. The average Bonchev–Trinajstić information content (AvgIpc) is 2.64. The van der Waals surface area contributed by atoms with E-state index in [0.29, 0.717) is 41.8 Å². The number of benzene rings is 2. The first-order valence-corrected chi connectivity index (χ1v) is 8.79. The van der Waals surface area contributed by atoms with Gasteiger partial charge in [-0.1, -0.05) is 29.3 Å². The van der Waals surface area contributed by atoms with Crippen molar-refractivity contribution in [3.63, 3.8) is 0 Å². The zero-order valence-corrected chi connectivity index (χ0v) is 16.3. The Labute approximate surface area is 159 Å². The van der Waals surface area contributed by atoms with Gasteiger partial charge in [0.2, 0.25) is 0 Å². The molecule has 0 radical (unpaired) electrons. The number of nitrogens with zero attached hydrogens (tertiary/aromatic N) is 1. The van der Waals surface area contributed by atoms with Crippen LogP contribution in [0.1, 0.15) is 22.8 Å². The Morgan fingerprint density at radius 3 is 2.46 bits per heavy atom. The molecule has 0 saturated heterocycles. The summed E-state index contributed by atoms with van der Waals surface area (Å²) in [7, 11) is 3.24. The summed E-state index contributed by atoms with van der Waals surface area (Å²) in [6.45, 7) is 5.18. The van der Waals surface area contributed by atoms with Crippen LogP contribution in [0, 0.1) is 6.92 Å². The Bertz CT molecular complexity index is 746. The van der Waals surface area contributed by atoms with Gasteiger partial charge < -0.3 is 19.1 Å². The Kier molecular flexibility index (Phi) is 7.16. The van der Waals surface area contributed by atoms with Crippen molar-refractivity contribution >= 4 is 17.5 Å². The molecule has 1 amide bonds. The van der Waals surface area contributed by atoms with Gasteiger partial charge in [0, 0.05) is 12.6 Å². The topological polar surface area (TPSA) is 48.0 Å². The van der Waals surface area contributed by atoms with Crippen LogP contribution in [-0.4, -0.2) is 44.7 Å². The first-order valence-electron chi connectivity index (χ1n) is 8.41. The van der Waals surface area contributed by atoms with E-state index in [-0.39, 0.29) is 5.91 Å². The van der Waals surface area contributed by atoms with Gasteiger partial charge in [-0.15, -0.1) is 0 Å². The zero-order chi connectivity index (χ0) is 19.1. The molecule has 0 aliphatic carbocycles. The number of hydrogen-bond acceptors (Lipinski definition) is 4. The quantitative estimate of drug-likeness (QED) is 0.691. The van der Waals surface area contributed by atoms with Gasteiger partial charge in [-0.25, -0.2) is 0 Å². The van der Waals surface area contributed by atoms with Crippen molar-refractivity contribution in [2.24, 2.45) is 0 Å². The van der Waals surface area contributed by atoms with Crippen LogP contribution in [0.4, 0.5) is 0 Å². The van der Waals surface area contributed by atoms with E-state index >= 15 is 0 Å². The highest BCUT2D eigenvalue weighted by molar-refractivity contribution is 6.32. The van der Waals surface area contributed by atoms with E-state index in [9.17, 15) is 4.79 Å². The van der Waals surface area contributed by atoms with Crippen LogP contribution < -0.4 is 14.2 Å². The Hall–Kier alpha value is -2.40. The highest BCUT2D eigenvalue weighted by Crippen LogP contribution is 2.36. The minimum atomic E-state index is -0.166. The molecule has 140 valence electrons. The molecule has 0 bridgehead atoms. The standard InChI is InChI=1S/C20H24ClNO4/c1-5-25-19-17(21)12-15(13-18(19)24-4)20(23)22(3)10-11-26-16-8-6-14(2)7-9-16/h6-9,12-13H,5,10-11H2,1-4H3.